The Hall–Kier alpha value is -1.59. The summed E-state index contributed by atoms with van der Waals surface area (Å²) in [5.41, 5.74) is 0.807. The molecule has 0 spiro atoms. The molecule has 0 aliphatic carbocycles. The molecule has 1 aliphatic heterocycles. The zero-order chi connectivity index (χ0) is 14.4. The molecule has 1 saturated heterocycles. The van der Waals surface area contributed by atoms with Crippen LogP contribution in [0.3, 0.4) is 0 Å². The lowest BCUT2D eigenvalue weighted by atomic mass is 10.2. The van der Waals surface area contributed by atoms with Gasteiger partial charge >= 0.3 is 0 Å². The fourth-order valence-corrected chi connectivity index (χ4v) is 2.36. The van der Waals surface area contributed by atoms with Crippen molar-refractivity contribution in [3.8, 4) is 5.75 Å². The highest BCUT2D eigenvalue weighted by molar-refractivity contribution is 5.92. The Bertz CT molecular complexity index is 433. The van der Waals surface area contributed by atoms with Crippen molar-refractivity contribution in [1.82, 2.24) is 10.2 Å². The summed E-state index contributed by atoms with van der Waals surface area (Å²) in [6.07, 6.45) is 0. The van der Waals surface area contributed by atoms with Crippen LogP contribution in [0.1, 0.15) is 13.8 Å². The molecule has 5 heteroatoms. The molecule has 1 aromatic carbocycles. The molecule has 0 aromatic heterocycles. The third-order valence-corrected chi connectivity index (χ3v) is 3.27. The molecule has 0 radical (unpaired) electrons. The van der Waals surface area contributed by atoms with Crippen LogP contribution in [0.4, 0.5) is 5.69 Å². The maximum absolute atomic E-state index is 12.0. The van der Waals surface area contributed by atoms with E-state index < -0.39 is 0 Å². The Morgan fingerprint density at radius 3 is 2.85 bits per heavy atom. The average molecular weight is 277 g/mol. The number of nitrogens with one attached hydrogen (secondary N) is 2. The summed E-state index contributed by atoms with van der Waals surface area (Å²) in [5, 5.41) is 6.28. The van der Waals surface area contributed by atoms with Crippen LogP contribution in [-0.2, 0) is 4.79 Å². The second-order valence-electron chi connectivity index (χ2n) is 5.10. The number of hydrogen-bond acceptors (Lipinski definition) is 4. The van der Waals surface area contributed by atoms with Crippen LogP contribution in [0.25, 0.3) is 0 Å². The van der Waals surface area contributed by atoms with Gasteiger partial charge in [0.25, 0.3) is 0 Å². The minimum absolute atomic E-state index is 0.0308. The van der Waals surface area contributed by atoms with E-state index >= 15 is 0 Å². The van der Waals surface area contributed by atoms with Crippen molar-refractivity contribution in [3.63, 3.8) is 0 Å². The topological polar surface area (TPSA) is 53.6 Å². The Morgan fingerprint density at radius 1 is 1.45 bits per heavy atom. The van der Waals surface area contributed by atoms with E-state index in [1.165, 1.54) is 0 Å². The smallest absolute Gasteiger partial charge is 0.238 e. The second kappa shape index (κ2) is 7.26. The number of piperazine rings is 1. The summed E-state index contributed by atoms with van der Waals surface area (Å²) in [6.45, 7) is 7.95. The van der Waals surface area contributed by atoms with Gasteiger partial charge in [0, 0.05) is 31.4 Å². The summed E-state index contributed by atoms with van der Waals surface area (Å²) in [4.78, 5) is 14.2. The molecule has 110 valence electrons. The third kappa shape index (κ3) is 4.51. The first-order valence-corrected chi connectivity index (χ1v) is 7.16. The van der Waals surface area contributed by atoms with Crippen molar-refractivity contribution in [2.24, 2.45) is 0 Å². The van der Waals surface area contributed by atoms with Crippen LogP contribution < -0.4 is 15.4 Å². The van der Waals surface area contributed by atoms with E-state index in [2.05, 4.69) is 22.5 Å². The van der Waals surface area contributed by atoms with E-state index in [1.807, 2.05) is 31.2 Å². The Kier molecular flexibility index (Phi) is 5.38. The lowest BCUT2D eigenvalue weighted by molar-refractivity contribution is -0.117. The fraction of sp³-hybridized carbons (Fsp3) is 0.533. The summed E-state index contributed by atoms with van der Waals surface area (Å²) in [7, 11) is 0. The van der Waals surface area contributed by atoms with E-state index in [0.717, 1.165) is 31.1 Å². The molecule has 1 aliphatic rings. The maximum Gasteiger partial charge on any atom is 0.238 e. The van der Waals surface area contributed by atoms with Gasteiger partial charge < -0.3 is 15.4 Å². The molecule has 0 bridgehead atoms. The van der Waals surface area contributed by atoms with E-state index in [9.17, 15) is 4.79 Å². The van der Waals surface area contributed by atoms with Gasteiger partial charge in [0.05, 0.1) is 13.2 Å². The highest BCUT2D eigenvalue weighted by atomic mass is 16.5. The van der Waals surface area contributed by atoms with Crippen molar-refractivity contribution >= 4 is 11.6 Å². The first-order chi connectivity index (χ1) is 9.67. The van der Waals surface area contributed by atoms with Crippen molar-refractivity contribution in [3.05, 3.63) is 24.3 Å². The number of rotatable bonds is 5. The third-order valence-electron chi connectivity index (χ3n) is 3.27. The average Bonchev–Trinajstić information content (AvgIpc) is 2.41. The lowest BCUT2D eigenvalue weighted by Crippen LogP contribution is -2.51. The molecule has 0 saturated carbocycles. The first-order valence-electron chi connectivity index (χ1n) is 7.16. The van der Waals surface area contributed by atoms with Crippen LogP contribution in [0.15, 0.2) is 24.3 Å². The number of amides is 1. The van der Waals surface area contributed by atoms with Gasteiger partial charge in [0.1, 0.15) is 5.75 Å². The number of ether oxygens (including phenoxy) is 1. The van der Waals surface area contributed by atoms with Crippen LogP contribution >= 0.6 is 0 Å². The monoisotopic (exact) mass is 277 g/mol. The van der Waals surface area contributed by atoms with Crippen molar-refractivity contribution in [2.45, 2.75) is 19.9 Å². The molecule has 20 heavy (non-hydrogen) atoms. The molecule has 1 atom stereocenters. The molecule has 2 N–H and O–H groups in total. The number of hydrogen-bond donors (Lipinski definition) is 2. The van der Waals surface area contributed by atoms with E-state index in [0.29, 0.717) is 19.2 Å². The number of benzene rings is 1. The minimum Gasteiger partial charge on any atom is -0.494 e. The highest BCUT2D eigenvalue weighted by Gasteiger charge is 2.17. The fourth-order valence-electron chi connectivity index (χ4n) is 2.36. The molecule has 5 nitrogen and oxygen atoms in total. The van der Waals surface area contributed by atoms with E-state index in [-0.39, 0.29) is 5.91 Å². The molecular weight excluding hydrogens is 254 g/mol. The molecular formula is C15H23N3O2. The van der Waals surface area contributed by atoms with Crippen LogP contribution in [0.2, 0.25) is 0 Å². The summed E-state index contributed by atoms with van der Waals surface area (Å²) >= 11 is 0. The molecule has 1 heterocycles. The Balaban J connectivity index is 1.81. The second-order valence-corrected chi connectivity index (χ2v) is 5.10. The molecule has 1 fully saturated rings. The van der Waals surface area contributed by atoms with Gasteiger partial charge in [0.15, 0.2) is 0 Å². The van der Waals surface area contributed by atoms with Crippen LogP contribution in [0, 0.1) is 0 Å². The van der Waals surface area contributed by atoms with Crippen molar-refractivity contribution in [2.75, 3.05) is 38.1 Å². The number of carbonyl (C=O) groups excluding carboxylic acids is 1. The molecule has 1 aromatic rings. The Morgan fingerprint density at radius 2 is 2.20 bits per heavy atom. The van der Waals surface area contributed by atoms with Gasteiger partial charge in [-0.2, -0.15) is 0 Å². The maximum atomic E-state index is 12.0. The van der Waals surface area contributed by atoms with Crippen LogP contribution in [-0.4, -0.2) is 49.6 Å². The first kappa shape index (κ1) is 14.8. The standard InChI is InChI=1S/C15H23N3O2/c1-3-20-14-6-4-13(5-7-14)17-15(19)11-18-9-8-16-12(2)10-18/h4-7,12,16H,3,8-11H2,1-2H3,(H,17,19). The van der Waals surface area contributed by atoms with Crippen molar-refractivity contribution < 1.29 is 9.53 Å². The van der Waals surface area contributed by atoms with Gasteiger partial charge in [0.2, 0.25) is 5.91 Å². The molecule has 1 unspecified atom stereocenters. The molecule has 2 rings (SSSR count). The number of anilines is 1. The normalized spacial score (nSPS) is 19.6. The van der Waals surface area contributed by atoms with E-state index in [4.69, 9.17) is 4.74 Å². The zero-order valence-electron chi connectivity index (χ0n) is 12.2. The van der Waals surface area contributed by atoms with Gasteiger partial charge in [-0.15, -0.1) is 0 Å². The zero-order valence-corrected chi connectivity index (χ0v) is 12.2. The largest absolute Gasteiger partial charge is 0.494 e. The number of carbonyl (C=O) groups is 1. The van der Waals surface area contributed by atoms with Gasteiger partial charge in [-0.05, 0) is 38.1 Å². The number of nitrogens with zero attached hydrogens (tertiary/aromatic N) is 1. The Labute approximate surface area is 120 Å². The van der Waals surface area contributed by atoms with Crippen molar-refractivity contribution in [1.29, 1.82) is 0 Å². The molecule has 1 amide bonds. The van der Waals surface area contributed by atoms with E-state index in [1.54, 1.807) is 0 Å². The minimum atomic E-state index is 0.0308. The van der Waals surface area contributed by atoms with Crippen LogP contribution in [0.5, 0.6) is 5.75 Å². The predicted octanol–water partition coefficient (Wildman–Crippen LogP) is 1.32. The summed E-state index contributed by atoms with van der Waals surface area (Å²) < 4.78 is 5.37. The highest BCUT2D eigenvalue weighted by Crippen LogP contribution is 2.15. The van der Waals surface area contributed by atoms with Gasteiger partial charge in [-0.25, -0.2) is 0 Å². The summed E-state index contributed by atoms with van der Waals surface area (Å²) in [5.74, 6) is 0.852. The predicted molar refractivity (Wildman–Crippen MR) is 80.1 cm³/mol. The lowest BCUT2D eigenvalue weighted by Gasteiger charge is -2.31. The van der Waals surface area contributed by atoms with Gasteiger partial charge in [-0.1, -0.05) is 0 Å². The quantitative estimate of drug-likeness (QED) is 0.852. The summed E-state index contributed by atoms with van der Waals surface area (Å²) in [6, 6.07) is 7.91. The SMILES string of the molecule is CCOc1ccc(NC(=O)CN2CCNC(C)C2)cc1. The van der Waals surface area contributed by atoms with Gasteiger partial charge in [-0.3, -0.25) is 9.69 Å².